The molecular formula is C97H156BCl2FN2NaO25Si. The Hall–Kier alpha value is -5.85. The van der Waals surface area contributed by atoms with Crippen molar-refractivity contribution >= 4 is 87.1 Å². The van der Waals surface area contributed by atoms with Gasteiger partial charge < -0.3 is 85.9 Å². The van der Waals surface area contributed by atoms with E-state index >= 15 is 4.39 Å². The van der Waals surface area contributed by atoms with Crippen molar-refractivity contribution in [3.63, 3.8) is 0 Å². The molecular weight excluding hydrogens is 1740 g/mol. The molecule has 2 aromatic carbocycles. The smallest absolute Gasteiger partial charge is 0.793 e. The van der Waals surface area contributed by atoms with Crippen LogP contribution in [-0.2, 0) is 108 Å². The largest absolute Gasteiger partial charge is 1.00 e. The van der Waals surface area contributed by atoms with Gasteiger partial charge in [0.15, 0.2) is 14.0 Å². The Morgan fingerprint density at radius 1 is 0.638 bits per heavy atom. The van der Waals surface area contributed by atoms with Crippen molar-refractivity contribution in [2.75, 3.05) is 40.5 Å². The van der Waals surface area contributed by atoms with Crippen molar-refractivity contribution in [2.24, 2.45) is 29.6 Å². The molecule has 0 aliphatic carbocycles. The van der Waals surface area contributed by atoms with Gasteiger partial charge in [0.2, 0.25) is 11.8 Å². The summed E-state index contributed by atoms with van der Waals surface area (Å²) in [5.74, 6) is -5.00. The number of methoxy groups -OCH3 is 2. The molecule has 27 nitrogen and oxygen atoms in total. The summed E-state index contributed by atoms with van der Waals surface area (Å²) in [6, 6.07) is 14.9. The molecule has 6 rings (SSSR count). The molecule has 5 unspecified atom stereocenters. The van der Waals surface area contributed by atoms with Crippen molar-refractivity contribution in [2.45, 2.75) is 351 Å². The summed E-state index contributed by atoms with van der Waals surface area (Å²) in [6.07, 6.45) is 15.5. The Morgan fingerprint density at radius 2 is 1.07 bits per heavy atom. The number of allylic oxidation sites excluding steroid dienone is 5. The number of carbonyl (C=O) groups is 8. The SMILES string of the molecule is C.C.CC(=O)OOC(C)=O.CC[C@H](OC)[C@@H](C)C1O[C@@H]1C(=O)C(C)(F)/C=C/C=C(\C)[C@H]1OC(=O)C[C@H](C)CC[C@@](C)(O)[C@@H](OC(C)=O)/C=C/[C@@H]1C.CC[C@H](OC)[C@@H](C)C1O[C@@H]1C(N(CCCO)Cc1ccc(Cl)cc1)C(C)(O)/C=C/C=C(\C)[C@H]1OC(=O)C[C@H](O[Si](C)(C)C(C)(C)C)CC[C@@](C)(O)[C@@H](OC(C)=O)/C=C/[C@@H]1C.OCCCNCc1ccc(Cl)cc1.[B-]OC(C)=O.[Na+]. The van der Waals surface area contributed by atoms with Crippen molar-refractivity contribution < 1.29 is 155 Å². The van der Waals surface area contributed by atoms with E-state index < -0.39 is 115 Å². The number of ether oxygens (including phenoxy) is 8. The predicted octanol–water partition coefficient (Wildman–Crippen LogP) is 13.3. The van der Waals surface area contributed by atoms with Gasteiger partial charge in [0.05, 0.1) is 48.6 Å². The molecule has 0 bridgehead atoms. The van der Waals surface area contributed by atoms with Crippen LogP contribution in [0.3, 0.4) is 0 Å². The number of hydrogen-bond donors (Lipinski definition) is 6. The molecule has 4 aliphatic heterocycles. The van der Waals surface area contributed by atoms with E-state index in [1.807, 2.05) is 102 Å². The maximum absolute atomic E-state index is 15.4. The van der Waals surface area contributed by atoms with Gasteiger partial charge in [-0.1, -0.05) is 174 Å². The Balaban J connectivity index is 0. The zero-order valence-corrected chi connectivity index (χ0v) is 85.1. The summed E-state index contributed by atoms with van der Waals surface area (Å²) in [6.45, 7) is 43.3. The number of nitrogens with one attached hydrogen (secondary N) is 1. The summed E-state index contributed by atoms with van der Waals surface area (Å²) < 4.78 is 72.1. The van der Waals surface area contributed by atoms with Crippen LogP contribution in [0, 0.1) is 29.6 Å². The number of alkyl halides is 1. The summed E-state index contributed by atoms with van der Waals surface area (Å²) in [5.41, 5.74) is -2.84. The number of halogens is 3. The first kappa shape index (κ1) is 126. The molecule has 0 aromatic heterocycles. The first-order valence-corrected chi connectivity index (χ1v) is 47.4. The van der Waals surface area contributed by atoms with Crippen LogP contribution in [0.25, 0.3) is 0 Å². The number of Topliss-reactive ketones (excluding diaryl/α,β-unsaturated/α-hetero) is 1. The van der Waals surface area contributed by atoms with Crippen LogP contribution >= 0.6 is 23.2 Å². The molecule has 33 heteroatoms. The van der Waals surface area contributed by atoms with Gasteiger partial charge in [0.25, 0.3) is 0 Å². The van der Waals surface area contributed by atoms with E-state index in [0.717, 1.165) is 62.4 Å². The van der Waals surface area contributed by atoms with Gasteiger partial charge in [0, 0.05) is 122 Å². The number of carbonyl (C=O) groups excluding carboxylic acids is 8. The van der Waals surface area contributed by atoms with Crippen molar-refractivity contribution in [1.82, 2.24) is 10.2 Å². The minimum Gasteiger partial charge on any atom is -0.793 e. The van der Waals surface area contributed by atoms with Crippen LogP contribution in [0.2, 0.25) is 28.2 Å². The van der Waals surface area contributed by atoms with Crippen LogP contribution in [0.4, 0.5) is 4.39 Å². The first-order valence-electron chi connectivity index (χ1n) is 43.8. The molecule has 0 amide bonds. The number of cyclic esters (lactones) is 2. The minimum absolute atomic E-state index is 0. The number of nitrogens with zero attached hydrogens (tertiary/aromatic N) is 1. The molecule has 6 N–H and O–H groups in total. The van der Waals surface area contributed by atoms with E-state index in [0.29, 0.717) is 49.4 Å². The number of hydrogen-bond acceptors (Lipinski definition) is 27. The molecule has 130 heavy (non-hydrogen) atoms. The third-order valence-electron chi connectivity index (χ3n) is 23.1. The normalized spacial score (nSPS) is 26.4. The Morgan fingerprint density at radius 3 is 1.48 bits per heavy atom. The molecule has 3 radical (unpaired) electrons. The summed E-state index contributed by atoms with van der Waals surface area (Å²) in [5, 5.41) is 58.1. The molecule has 4 heterocycles. The third-order valence-corrected chi connectivity index (χ3v) is 28.1. The summed E-state index contributed by atoms with van der Waals surface area (Å²) in [4.78, 5) is 102. The topological polar surface area (TPSA) is 370 Å². The van der Waals surface area contributed by atoms with Crippen LogP contribution in [0.1, 0.15) is 236 Å². The number of aliphatic hydroxyl groups excluding tert-OH is 2. The number of rotatable bonds is 33. The molecule has 21 atom stereocenters. The number of epoxide rings is 2. The summed E-state index contributed by atoms with van der Waals surface area (Å²) in [7, 11) is 5.31. The van der Waals surface area contributed by atoms with Gasteiger partial charge in [-0.3, -0.25) is 33.7 Å². The second kappa shape index (κ2) is 61.3. The van der Waals surface area contributed by atoms with Crippen LogP contribution in [-0.4, -0.2) is 231 Å². The number of ketones is 1. The van der Waals surface area contributed by atoms with Gasteiger partial charge in [-0.25, -0.2) is 23.8 Å². The second-order valence-corrected chi connectivity index (χ2v) is 41.4. The van der Waals surface area contributed by atoms with Crippen LogP contribution < -0.4 is 34.9 Å². The van der Waals surface area contributed by atoms with Gasteiger partial charge in [0.1, 0.15) is 47.8 Å². The molecule has 2 saturated heterocycles. The van der Waals surface area contributed by atoms with E-state index in [-0.39, 0.29) is 148 Å². The van der Waals surface area contributed by atoms with Crippen LogP contribution in [0.15, 0.2) is 120 Å². The van der Waals surface area contributed by atoms with Gasteiger partial charge in [-0.2, -0.15) is 0 Å². The fourth-order valence-electron chi connectivity index (χ4n) is 14.5. The molecule has 2 aromatic rings. The van der Waals surface area contributed by atoms with E-state index in [1.165, 1.54) is 45.4 Å². The monoisotopic (exact) mass is 1900 g/mol. The maximum Gasteiger partial charge on any atom is 1.00 e. The standard InChI is InChI=1S/C47H76ClNO10Si.C32H49FO8.C10H14ClNO.C4H6O4.C2H3BO2.2CH4.Na/c1-14-38(55-11)33(4)42-43(58-42)44(49(27-16-28-50)30-35-19-21-36(48)22-20-35)47(10,54)25-15-17-31(2)41-32(3)18-23-39(56-34(5)51)46(9,53)26-24-37(29-40(52)57-41)59-60(12,13)45(6,7)8;1-10-24(38-9)22(5)28-29(41-28)30(36)31(7,33)16-11-12-20(3)27-21(4)13-14-25(39-23(6)34)32(8,37)17-15-19(2)18-26(35)40-27;11-10-4-2-9(3-5-10)8-12-6-1-7-13;1-3(5)7-8-4(2)6;1-2(4)5-3;;;/h15,17-23,25,32-33,37-39,41-44,50,53-54H,14,16,24,26-30H2,1-13H3;11-14,16,19,21-22,24-25,27-29,37H,10,15,17-18H2,1-9H3;2-5,12-13H,1,6-8H2;1-2H3;1H3;2*1H4;/q;;;;-1;;;+1/b23-18+,25-15+,31-17+;14-13+,16-11+,20-12+;;;;;;/t32-,33+,37+,38-,39-,41+,42?,43-,44?,46+,47?;19-,21+,22-,24+,25+,27-,28?,29+,31?,32-;;;;;;/m01....../s1. The fraction of sp³-hybridized carbons (Fsp3) is 0.670. The summed E-state index contributed by atoms with van der Waals surface area (Å²) >= 11 is 12.0. The molecule has 4 aliphatic rings. The number of aliphatic hydroxyl groups is 5. The zero-order chi connectivity index (χ0) is 96.7. The van der Waals surface area contributed by atoms with E-state index in [1.54, 1.807) is 78.4 Å². The fourth-order valence-corrected chi connectivity index (χ4v) is 16.1. The molecule has 0 spiro atoms. The van der Waals surface area contributed by atoms with Gasteiger partial charge in [-0.15, -0.1) is 0 Å². The quantitative estimate of drug-likeness (QED) is 0.00445. The average molecular weight is 1900 g/mol. The first-order chi connectivity index (χ1) is 59.1. The average Bonchev–Trinajstić information content (AvgIpc) is 1.60. The van der Waals surface area contributed by atoms with Crippen molar-refractivity contribution in [3.8, 4) is 0 Å². The van der Waals surface area contributed by atoms with E-state index in [9.17, 15) is 58.8 Å². The minimum atomic E-state index is -2.33. The van der Waals surface area contributed by atoms with Crippen LogP contribution in [0.5, 0.6) is 0 Å². The molecule has 2 fully saturated rings. The Labute approximate surface area is 809 Å². The number of benzene rings is 2. The Bertz CT molecular complexity index is 3890. The molecule has 0 saturated carbocycles. The third kappa shape index (κ3) is 46.1. The zero-order valence-electron chi connectivity index (χ0n) is 80.6. The Kier molecular flexibility index (Phi) is 59.5. The second-order valence-electron chi connectivity index (χ2n) is 35.8. The van der Waals surface area contributed by atoms with Crippen molar-refractivity contribution in [3.05, 3.63) is 142 Å². The predicted molar refractivity (Wildman–Crippen MR) is 503 cm³/mol. The maximum atomic E-state index is 15.4. The van der Waals surface area contributed by atoms with E-state index in [2.05, 4.69) is 80.4 Å². The molecule has 733 valence electrons. The van der Waals surface area contributed by atoms with E-state index in [4.69, 9.17) is 70.6 Å². The van der Waals surface area contributed by atoms with Gasteiger partial charge >= 0.3 is 65.4 Å². The van der Waals surface area contributed by atoms with Crippen molar-refractivity contribution in [1.29, 1.82) is 0 Å². The number of esters is 4. The van der Waals surface area contributed by atoms with Gasteiger partial charge in [-0.05, 0) is 188 Å².